The predicted octanol–water partition coefficient (Wildman–Crippen LogP) is 4.38. The van der Waals surface area contributed by atoms with Gasteiger partial charge in [0.1, 0.15) is 6.17 Å². The molecular formula is C21H23FN2. The molecule has 0 aliphatic carbocycles. The number of fused-ring (bicyclic) bond motifs is 3. The van der Waals surface area contributed by atoms with E-state index in [9.17, 15) is 4.39 Å². The molecule has 2 nitrogen and oxygen atoms in total. The number of rotatable bonds is 3. The number of nitrogens with zero attached hydrogens (tertiary/aromatic N) is 2. The fourth-order valence-corrected chi connectivity index (χ4v) is 3.84. The second-order valence-corrected chi connectivity index (χ2v) is 6.73. The number of likely N-dealkylation sites (N-methyl/N-ethyl adjacent to an activating group) is 1. The van der Waals surface area contributed by atoms with E-state index >= 15 is 0 Å². The number of hydrogen-bond donors (Lipinski definition) is 0. The van der Waals surface area contributed by atoms with Crippen molar-refractivity contribution in [1.82, 2.24) is 9.47 Å². The first-order chi connectivity index (χ1) is 11.7. The van der Waals surface area contributed by atoms with Gasteiger partial charge < -0.3 is 9.47 Å². The van der Waals surface area contributed by atoms with Crippen LogP contribution in [0.5, 0.6) is 0 Å². The second-order valence-electron chi connectivity index (χ2n) is 6.73. The molecule has 1 unspecified atom stereocenters. The number of alkyl halides is 1. The highest BCUT2D eigenvalue weighted by molar-refractivity contribution is 5.85. The molecule has 3 heteroatoms. The maximum atomic E-state index is 14.9. The van der Waals surface area contributed by atoms with Crippen molar-refractivity contribution < 1.29 is 4.39 Å². The van der Waals surface area contributed by atoms with E-state index in [0.29, 0.717) is 6.54 Å². The number of aromatic nitrogens is 1. The van der Waals surface area contributed by atoms with Crippen LogP contribution in [0.2, 0.25) is 0 Å². The third-order valence-corrected chi connectivity index (χ3v) is 5.17. The van der Waals surface area contributed by atoms with Crippen molar-refractivity contribution in [3.8, 4) is 0 Å². The van der Waals surface area contributed by atoms with Crippen LogP contribution in [0, 0.1) is 0 Å². The molecule has 0 saturated heterocycles. The first kappa shape index (κ1) is 15.4. The molecule has 3 aromatic rings. The van der Waals surface area contributed by atoms with Gasteiger partial charge >= 0.3 is 0 Å². The Morgan fingerprint density at radius 1 is 0.958 bits per heavy atom. The summed E-state index contributed by atoms with van der Waals surface area (Å²) in [7, 11) is 2.17. The molecule has 1 atom stereocenters. The largest absolute Gasteiger partial charge is 0.341 e. The van der Waals surface area contributed by atoms with Crippen molar-refractivity contribution in [3.63, 3.8) is 0 Å². The Morgan fingerprint density at radius 3 is 2.50 bits per heavy atom. The van der Waals surface area contributed by atoms with E-state index < -0.39 is 6.17 Å². The van der Waals surface area contributed by atoms with Crippen molar-refractivity contribution >= 4 is 10.9 Å². The first-order valence-corrected chi connectivity index (χ1v) is 8.70. The number of hydrogen-bond acceptors (Lipinski definition) is 1. The monoisotopic (exact) mass is 322 g/mol. The molecule has 1 aliphatic rings. The fourth-order valence-electron chi connectivity index (χ4n) is 3.84. The van der Waals surface area contributed by atoms with Crippen LogP contribution in [0.15, 0.2) is 54.6 Å². The molecule has 4 rings (SSSR count). The minimum atomic E-state index is -0.980. The summed E-state index contributed by atoms with van der Waals surface area (Å²) in [5, 5.41) is 1.29. The quantitative estimate of drug-likeness (QED) is 0.694. The summed E-state index contributed by atoms with van der Waals surface area (Å²) in [6, 6.07) is 18.0. The lowest BCUT2D eigenvalue weighted by Gasteiger charge is -2.16. The zero-order chi connectivity index (χ0) is 16.5. The zero-order valence-corrected chi connectivity index (χ0v) is 14.1. The first-order valence-electron chi connectivity index (χ1n) is 8.70. The van der Waals surface area contributed by atoms with Crippen LogP contribution in [0.3, 0.4) is 0 Å². The molecule has 1 aromatic heterocycles. The Kier molecular flexibility index (Phi) is 4.11. The SMILES string of the molecule is CN1CCc2c(n(CC(F)c3ccccc3)c3ccccc23)CC1. The van der Waals surface area contributed by atoms with Crippen LogP contribution in [0.1, 0.15) is 23.0 Å². The molecule has 1 aliphatic heterocycles. The highest BCUT2D eigenvalue weighted by Gasteiger charge is 2.22. The molecule has 0 fully saturated rings. The highest BCUT2D eigenvalue weighted by atomic mass is 19.1. The van der Waals surface area contributed by atoms with E-state index in [4.69, 9.17) is 0 Å². The Hall–Kier alpha value is -2.13. The van der Waals surface area contributed by atoms with Gasteiger partial charge in [0.15, 0.2) is 0 Å². The van der Waals surface area contributed by atoms with E-state index in [1.807, 2.05) is 30.3 Å². The third kappa shape index (κ3) is 2.73. The van der Waals surface area contributed by atoms with Gasteiger partial charge in [-0.25, -0.2) is 4.39 Å². The summed E-state index contributed by atoms with van der Waals surface area (Å²) in [6.45, 7) is 2.49. The summed E-state index contributed by atoms with van der Waals surface area (Å²) in [6.07, 6.45) is 1.05. The van der Waals surface area contributed by atoms with Gasteiger partial charge in [0.05, 0.1) is 6.54 Å². The molecule has 2 aromatic carbocycles. The van der Waals surface area contributed by atoms with Gasteiger partial charge in [-0.2, -0.15) is 0 Å². The smallest absolute Gasteiger partial charge is 0.143 e. The fraction of sp³-hybridized carbons (Fsp3) is 0.333. The number of halogens is 1. The van der Waals surface area contributed by atoms with Crippen molar-refractivity contribution in [1.29, 1.82) is 0 Å². The normalized spacial score (nSPS) is 16.8. The molecule has 0 bridgehead atoms. The van der Waals surface area contributed by atoms with E-state index in [0.717, 1.165) is 31.5 Å². The molecule has 24 heavy (non-hydrogen) atoms. The number of para-hydroxylation sites is 1. The number of benzene rings is 2. The molecule has 0 N–H and O–H groups in total. The molecule has 2 heterocycles. The van der Waals surface area contributed by atoms with Crippen molar-refractivity contribution in [2.45, 2.75) is 25.6 Å². The highest BCUT2D eigenvalue weighted by Crippen LogP contribution is 2.31. The second kappa shape index (κ2) is 6.40. The Bertz CT molecular complexity index is 838. The maximum absolute atomic E-state index is 14.9. The molecule has 0 radical (unpaired) electrons. The third-order valence-electron chi connectivity index (χ3n) is 5.17. The van der Waals surface area contributed by atoms with Crippen LogP contribution in [-0.2, 0) is 19.4 Å². The molecule has 124 valence electrons. The van der Waals surface area contributed by atoms with Crippen LogP contribution < -0.4 is 0 Å². The minimum Gasteiger partial charge on any atom is -0.341 e. The van der Waals surface area contributed by atoms with E-state index in [1.165, 1.54) is 22.2 Å². The lowest BCUT2D eigenvalue weighted by Crippen LogP contribution is -2.21. The summed E-state index contributed by atoms with van der Waals surface area (Å²) in [5.41, 5.74) is 4.66. The lowest BCUT2D eigenvalue weighted by molar-refractivity contribution is 0.302. The Morgan fingerprint density at radius 2 is 1.67 bits per heavy atom. The standard InChI is InChI=1S/C21H23FN2/c1-23-13-11-18-17-9-5-6-10-20(17)24(21(18)12-14-23)15-19(22)16-7-3-2-4-8-16/h2-10,19H,11-15H2,1H3. The van der Waals surface area contributed by atoms with Gasteiger partial charge in [-0.3, -0.25) is 0 Å². The van der Waals surface area contributed by atoms with E-state index in [2.05, 4.69) is 40.8 Å². The zero-order valence-electron chi connectivity index (χ0n) is 14.1. The summed E-state index contributed by atoms with van der Waals surface area (Å²) in [4.78, 5) is 2.36. The summed E-state index contributed by atoms with van der Waals surface area (Å²) in [5.74, 6) is 0. The topological polar surface area (TPSA) is 8.17 Å². The average molecular weight is 322 g/mol. The predicted molar refractivity (Wildman–Crippen MR) is 97.1 cm³/mol. The minimum absolute atomic E-state index is 0.392. The summed E-state index contributed by atoms with van der Waals surface area (Å²) >= 11 is 0. The molecular weight excluding hydrogens is 299 g/mol. The van der Waals surface area contributed by atoms with Crippen LogP contribution in [0.4, 0.5) is 4.39 Å². The Labute approximate surface area is 142 Å². The van der Waals surface area contributed by atoms with Crippen molar-refractivity contribution in [2.24, 2.45) is 0 Å². The van der Waals surface area contributed by atoms with Gasteiger partial charge in [-0.1, -0.05) is 48.5 Å². The molecule has 0 spiro atoms. The van der Waals surface area contributed by atoms with Gasteiger partial charge in [0.2, 0.25) is 0 Å². The van der Waals surface area contributed by atoms with Gasteiger partial charge in [-0.15, -0.1) is 0 Å². The van der Waals surface area contributed by atoms with Crippen LogP contribution in [0.25, 0.3) is 10.9 Å². The van der Waals surface area contributed by atoms with Gasteiger partial charge in [0.25, 0.3) is 0 Å². The van der Waals surface area contributed by atoms with E-state index in [-0.39, 0.29) is 0 Å². The molecule has 0 amide bonds. The van der Waals surface area contributed by atoms with E-state index in [1.54, 1.807) is 0 Å². The van der Waals surface area contributed by atoms with Crippen LogP contribution >= 0.6 is 0 Å². The van der Waals surface area contributed by atoms with Crippen LogP contribution in [-0.4, -0.2) is 29.6 Å². The maximum Gasteiger partial charge on any atom is 0.143 e. The van der Waals surface area contributed by atoms with Crippen molar-refractivity contribution in [2.75, 3.05) is 20.1 Å². The summed E-state index contributed by atoms with van der Waals surface area (Å²) < 4.78 is 17.2. The lowest BCUT2D eigenvalue weighted by atomic mass is 10.1. The van der Waals surface area contributed by atoms with Crippen molar-refractivity contribution in [3.05, 3.63) is 71.4 Å². The van der Waals surface area contributed by atoms with Gasteiger partial charge in [0, 0.05) is 36.1 Å². The average Bonchev–Trinajstić information content (AvgIpc) is 2.77. The molecule has 0 saturated carbocycles. The van der Waals surface area contributed by atoms with Gasteiger partial charge in [-0.05, 0) is 30.7 Å². The Balaban J connectivity index is 1.77.